The van der Waals surface area contributed by atoms with Crippen molar-refractivity contribution in [2.75, 3.05) is 37.8 Å². The number of nitrogen functional groups attached to an aromatic ring is 1. The van der Waals surface area contributed by atoms with Gasteiger partial charge in [-0.3, -0.25) is 14.9 Å². The number of aliphatic imine (C=N–C) groups is 1. The van der Waals surface area contributed by atoms with Gasteiger partial charge in [0.05, 0.1) is 52.3 Å². The van der Waals surface area contributed by atoms with Crippen LogP contribution in [0, 0.1) is 11.6 Å². The average molecular weight is 584 g/mol. The van der Waals surface area contributed by atoms with Gasteiger partial charge in [0.2, 0.25) is 0 Å². The number of halogens is 3. The van der Waals surface area contributed by atoms with E-state index in [2.05, 4.69) is 36.9 Å². The number of nitrogens with zero attached hydrogens (tertiary/aromatic N) is 5. The minimum absolute atomic E-state index is 0.0114. The monoisotopic (exact) mass is 583 g/mol. The topological polar surface area (TPSA) is 111 Å². The maximum absolute atomic E-state index is 16.8. The molecular weight excluding hydrogens is 555 g/mol. The fourth-order valence-corrected chi connectivity index (χ4v) is 7.74. The van der Waals surface area contributed by atoms with Crippen LogP contribution in [0.15, 0.2) is 11.2 Å². The van der Waals surface area contributed by atoms with Gasteiger partial charge in [-0.25, -0.2) is 13.2 Å². The highest BCUT2D eigenvalue weighted by atomic mass is 32.1. The summed E-state index contributed by atoms with van der Waals surface area (Å²) in [6.07, 6.45) is 2.35. The number of anilines is 2. The van der Waals surface area contributed by atoms with Gasteiger partial charge in [-0.2, -0.15) is 9.97 Å². The fourth-order valence-electron chi connectivity index (χ4n) is 6.76. The van der Waals surface area contributed by atoms with Gasteiger partial charge < -0.3 is 20.5 Å². The zero-order valence-corrected chi connectivity index (χ0v) is 23.2. The maximum atomic E-state index is 16.8. The lowest BCUT2D eigenvalue weighted by Crippen LogP contribution is -2.43. The van der Waals surface area contributed by atoms with Crippen LogP contribution in [0.5, 0.6) is 6.01 Å². The van der Waals surface area contributed by atoms with E-state index in [1.807, 2.05) is 0 Å². The van der Waals surface area contributed by atoms with Gasteiger partial charge in [0, 0.05) is 36.5 Å². The second-order valence-electron chi connectivity index (χ2n) is 10.8. The largest absolute Gasteiger partial charge is 0.461 e. The van der Waals surface area contributed by atoms with E-state index in [1.165, 1.54) is 0 Å². The number of nitrogens with one attached hydrogen (secondary N) is 1. The molecule has 3 aliphatic rings. The van der Waals surface area contributed by atoms with E-state index >= 15 is 4.39 Å². The minimum Gasteiger partial charge on any atom is -0.461 e. The van der Waals surface area contributed by atoms with Crippen LogP contribution in [-0.2, 0) is 24.5 Å². The zero-order valence-electron chi connectivity index (χ0n) is 22.4. The van der Waals surface area contributed by atoms with E-state index in [0.717, 1.165) is 42.5 Å². The van der Waals surface area contributed by atoms with Crippen LogP contribution in [0.25, 0.3) is 32.2 Å². The van der Waals surface area contributed by atoms with Crippen LogP contribution in [0.3, 0.4) is 0 Å². The van der Waals surface area contributed by atoms with E-state index in [4.69, 9.17) is 15.2 Å². The number of benzene rings is 1. The highest BCUT2D eigenvalue weighted by Gasteiger charge is 2.49. The van der Waals surface area contributed by atoms with Crippen LogP contribution in [0.4, 0.5) is 24.0 Å². The van der Waals surface area contributed by atoms with Gasteiger partial charge in [0.1, 0.15) is 24.1 Å². The Hall–Kier alpha value is -3.55. The molecule has 0 radical (unpaired) electrons. The van der Waals surface area contributed by atoms with Crippen molar-refractivity contribution in [3.05, 3.63) is 34.5 Å². The summed E-state index contributed by atoms with van der Waals surface area (Å²) in [5.41, 5.74) is 8.10. The second-order valence-corrected chi connectivity index (χ2v) is 11.9. The summed E-state index contributed by atoms with van der Waals surface area (Å²) in [6, 6.07) is -0.0114. The molecule has 214 valence electrons. The third-order valence-corrected chi connectivity index (χ3v) is 9.62. The van der Waals surface area contributed by atoms with Crippen molar-refractivity contribution in [2.45, 2.75) is 50.7 Å². The smallest absolute Gasteiger partial charge is 0.319 e. The highest BCUT2D eigenvalue weighted by molar-refractivity contribution is 7.23. The van der Waals surface area contributed by atoms with Crippen molar-refractivity contribution >= 4 is 49.9 Å². The summed E-state index contributed by atoms with van der Waals surface area (Å²) in [4.78, 5) is 19.5. The van der Waals surface area contributed by atoms with Crippen molar-refractivity contribution in [2.24, 2.45) is 4.99 Å². The number of thiophene rings is 1. The molecule has 3 N–H and O–H groups in total. The SMILES string of the molecule is C=NCc1c(N)sc2c(F)cnc(-c3c4c(c5c(NC)nc(OC[C@@]67CCCN6C[C@H](F)C7)nc5c3F)COC4)c12. The molecule has 7 rings (SSSR count). The third-order valence-electron chi connectivity index (χ3n) is 8.55. The molecule has 0 spiro atoms. The van der Waals surface area contributed by atoms with Crippen molar-refractivity contribution in [1.29, 1.82) is 0 Å². The third kappa shape index (κ3) is 3.97. The molecule has 9 nitrogen and oxygen atoms in total. The quantitative estimate of drug-likeness (QED) is 0.293. The summed E-state index contributed by atoms with van der Waals surface area (Å²) in [6.45, 7) is 5.45. The number of rotatable bonds is 7. The first kappa shape index (κ1) is 26.4. The Morgan fingerprint density at radius 1 is 1.29 bits per heavy atom. The Balaban J connectivity index is 1.41. The van der Waals surface area contributed by atoms with Crippen LogP contribution in [0.2, 0.25) is 0 Å². The molecule has 3 aromatic heterocycles. The summed E-state index contributed by atoms with van der Waals surface area (Å²) >= 11 is 1.07. The van der Waals surface area contributed by atoms with Crippen LogP contribution >= 0.6 is 11.3 Å². The van der Waals surface area contributed by atoms with Gasteiger partial charge in [-0.15, -0.1) is 11.3 Å². The van der Waals surface area contributed by atoms with Crippen molar-refractivity contribution < 1.29 is 22.6 Å². The number of nitrogens with two attached hydrogens (primary N) is 1. The molecule has 0 aliphatic carbocycles. The molecule has 41 heavy (non-hydrogen) atoms. The van der Waals surface area contributed by atoms with Crippen LogP contribution in [-0.4, -0.2) is 65.0 Å². The van der Waals surface area contributed by atoms with E-state index in [1.54, 1.807) is 7.05 Å². The Labute approximate surface area is 237 Å². The van der Waals surface area contributed by atoms with Gasteiger partial charge in [0.15, 0.2) is 11.6 Å². The predicted molar refractivity (Wildman–Crippen MR) is 152 cm³/mol. The van der Waals surface area contributed by atoms with Crippen LogP contribution in [0.1, 0.15) is 36.0 Å². The predicted octanol–water partition coefficient (Wildman–Crippen LogP) is 4.99. The van der Waals surface area contributed by atoms with E-state index in [0.29, 0.717) is 45.7 Å². The molecule has 2 saturated heterocycles. The minimum atomic E-state index is -0.903. The number of hydrogen-bond acceptors (Lipinski definition) is 10. The number of hydrogen-bond donors (Lipinski definition) is 2. The van der Waals surface area contributed by atoms with Gasteiger partial charge in [0.25, 0.3) is 0 Å². The zero-order chi connectivity index (χ0) is 28.5. The number of alkyl halides is 1. The van der Waals surface area contributed by atoms with E-state index < -0.39 is 23.3 Å². The summed E-state index contributed by atoms with van der Waals surface area (Å²) in [5, 5.41) is 4.30. The van der Waals surface area contributed by atoms with Crippen molar-refractivity contribution in [1.82, 2.24) is 19.9 Å². The summed E-state index contributed by atoms with van der Waals surface area (Å²) < 4.78 is 58.1. The van der Waals surface area contributed by atoms with Crippen molar-refractivity contribution in [3.8, 4) is 17.3 Å². The Morgan fingerprint density at radius 3 is 2.93 bits per heavy atom. The first-order valence-electron chi connectivity index (χ1n) is 13.5. The second kappa shape index (κ2) is 9.78. The molecular formula is C28H28F3N7O2S. The Morgan fingerprint density at radius 2 is 2.12 bits per heavy atom. The highest BCUT2D eigenvalue weighted by Crippen LogP contribution is 2.47. The summed E-state index contributed by atoms with van der Waals surface area (Å²) in [5.74, 6) is -0.814. The van der Waals surface area contributed by atoms with E-state index in [9.17, 15) is 8.78 Å². The first-order chi connectivity index (χ1) is 19.8. The molecule has 2 fully saturated rings. The lowest BCUT2D eigenvalue weighted by atomic mass is 9.93. The van der Waals surface area contributed by atoms with Gasteiger partial charge >= 0.3 is 6.01 Å². The lowest BCUT2D eigenvalue weighted by molar-refractivity contribution is 0.107. The number of pyridine rings is 1. The summed E-state index contributed by atoms with van der Waals surface area (Å²) in [7, 11) is 1.69. The fraction of sp³-hybridized carbons (Fsp3) is 0.429. The number of aromatic nitrogens is 3. The van der Waals surface area contributed by atoms with Crippen LogP contribution < -0.4 is 15.8 Å². The van der Waals surface area contributed by atoms with Crippen molar-refractivity contribution in [3.63, 3.8) is 0 Å². The molecule has 2 atom stereocenters. The molecule has 0 bridgehead atoms. The van der Waals surface area contributed by atoms with Gasteiger partial charge in [-0.1, -0.05) is 0 Å². The standard InChI is InChI=1S/C28H28F3N7O2S/c1-33-7-14-19-22(35-8-17(30)24(19)41-25(14)32)18-15-10-39-11-16(15)20-23(21(18)31)36-27(37-26(20)34-2)40-12-28-4-3-5-38(28)9-13(29)6-28/h8,13H,1,3-7,9-12,32H2,2H3,(H,34,36,37)/t13-,28+/m1/s1. The molecule has 6 heterocycles. The molecule has 3 aliphatic heterocycles. The lowest BCUT2D eigenvalue weighted by Gasteiger charge is -2.30. The number of ether oxygens (including phenoxy) is 2. The average Bonchev–Trinajstić information content (AvgIpc) is 3.72. The molecule has 0 saturated carbocycles. The Kier molecular flexibility index (Phi) is 6.28. The Bertz CT molecular complexity index is 1730. The molecule has 0 unspecified atom stereocenters. The molecule has 0 amide bonds. The van der Waals surface area contributed by atoms with E-state index in [-0.39, 0.29) is 53.8 Å². The molecule has 1 aromatic carbocycles. The molecule has 13 heteroatoms. The first-order valence-corrected chi connectivity index (χ1v) is 14.3. The van der Waals surface area contributed by atoms with Gasteiger partial charge in [-0.05, 0) is 37.2 Å². The molecule has 4 aromatic rings. The maximum Gasteiger partial charge on any atom is 0.319 e. The number of fused-ring (bicyclic) bond motifs is 5. The normalized spacial score (nSPS) is 22.0.